The number of carbonyl (C=O) groups is 1. The number of nitrogens with one attached hydrogen (secondary N) is 2. The zero-order valence-corrected chi connectivity index (χ0v) is 13.2. The van der Waals surface area contributed by atoms with Gasteiger partial charge in [0.25, 0.3) is 0 Å². The topological polar surface area (TPSA) is 61.4 Å². The largest absolute Gasteiger partial charge is 0.396 e. The Hall–Kier alpha value is -1.69. The van der Waals surface area contributed by atoms with E-state index in [9.17, 15) is 13.6 Å². The Morgan fingerprint density at radius 1 is 1.36 bits per heavy atom. The number of halogens is 2. The van der Waals surface area contributed by atoms with E-state index in [0.29, 0.717) is 19.4 Å². The van der Waals surface area contributed by atoms with Gasteiger partial charge in [-0.3, -0.25) is 0 Å². The molecule has 3 N–H and O–H groups in total. The Kier molecular flexibility index (Phi) is 6.74. The Morgan fingerprint density at radius 3 is 2.59 bits per heavy atom. The van der Waals surface area contributed by atoms with Crippen molar-refractivity contribution >= 4 is 6.03 Å². The third kappa shape index (κ3) is 5.60. The highest BCUT2D eigenvalue weighted by atomic mass is 19.1. The molecule has 0 radical (unpaired) electrons. The highest BCUT2D eigenvalue weighted by molar-refractivity contribution is 5.74. The van der Waals surface area contributed by atoms with Crippen LogP contribution in [0.2, 0.25) is 0 Å². The smallest absolute Gasteiger partial charge is 0.315 e. The van der Waals surface area contributed by atoms with Crippen molar-refractivity contribution in [3.8, 4) is 0 Å². The maximum absolute atomic E-state index is 13.8. The fourth-order valence-electron chi connectivity index (χ4n) is 2.10. The summed E-state index contributed by atoms with van der Waals surface area (Å²) in [5.74, 6) is -1.32. The van der Waals surface area contributed by atoms with Crippen molar-refractivity contribution < 1.29 is 18.7 Å². The van der Waals surface area contributed by atoms with Crippen molar-refractivity contribution in [1.82, 2.24) is 10.6 Å². The number of aliphatic hydroxyl groups excluding tert-OH is 1. The van der Waals surface area contributed by atoms with Gasteiger partial charge in [0.2, 0.25) is 0 Å². The van der Waals surface area contributed by atoms with Gasteiger partial charge in [0.1, 0.15) is 11.6 Å². The molecule has 0 saturated carbocycles. The highest BCUT2D eigenvalue weighted by Gasteiger charge is 2.20. The maximum Gasteiger partial charge on any atom is 0.315 e. The number of aliphatic hydroxyl groups is 1. The van der Waals surface area contributed by atoms with Crippen LogP contribution in [0.5, 0.6) is 0 Å². The van der Waals surface area contributed by atoms with Crippen LogP contribution in [-0.4, -0.2) is 24.3 Å². The molecule has 0 spiro atoms. The molecule has 0 bridgehead atoms. The molecule has 1 aromatic rings. The lowest BCUT2D eigenvalue weighted by atomic mass is 9.90. The quantitative estimate of drug-likeness (QED) is 0.724. The maximum atomic E-state index is 13.8. The number of hydrogen-bond acceptors (Lipinski definition) is 2. The molecule has 1 aromatic carbocycles. The fourth-order valence-corrected chi connectivity index (χ4v) is 2.10. The Bertz CT molecular complexity index is 507. The van der Waals surface area contributed by atoms with Gasteiger partial charge >= 0.3 is 6.03 Å². The minimum Gasteiger partial charge on any atom is -0.396 e. The van der Waals surface area contributed by atoms with Gasteiger partial charge in [0, 0.05) is 24.8 Å². The lowest BCUT2D eigenvalue weighted by Gasteiger charge is -2.25. The van der Waals surface area contributed by atoms with E-state index in [4.69, 9.17) is 5.11 Å². The molecule has 0 aliphatic heterocycles. The molecule has 2 amide bonds. The van der Waals surface area contributed by atoms with Gasteiger partial charge in [0.05, 0.1) is 6.04 Å². The molecule has 0 saturated heterocycles. The first-order valence-electron chi connectivity index (χ1n) is 7.39. The van der Waals surface area contributed by atoms with Gasteiger partial charge in [-0.25, -0.2) is 13.6 Å². The molecule has 1 rings (SSSR count). The van der Waals surface area contributed by atoms with E-state index in [2.05, 4.69) is 10.6 Å². The van der Waals surface area contributed by atoms with Crippen LogP contribution >= 0.6 is 0 Å². The zero-order chi connectivity index (χ0) is 16.8. The van der Waals surface area contributed by atoms with Crippen LogP contribution in [0, 0.1) is 17.0 Å². The van der Waals surface area contributed by atoms with Crippen LogP contribution in [0.4, 0.5) is 13.6 Å². The predicted molar refractivity (Wildman–Crippen MR) is 81.4 cm³/mol. The molecule has 0 aliphatic rings. The number of urea groups is 1. The van der Waals surface area contributed by atoms with Crippen molar-refractivity contribution in [3.63, 3.8) is 0 Å². The number of rotatable bonds is 7. The molecule has 1 unspecified atom stereocenters. The third-order valence-corrected chi connectivity index (χ3v) is 3.57. The molecule has 0 heterocycles. The van der Waals surface area contributed by atoms with E-state index in [1.165, 1.54) is 12.1 Å². The number of hydrogen-bond donors (Lipinski definition) is 3. The predicted octanol–water partition coefficient (Wildman–Crippen LogP) is 3.12. The molecule has 0 aliphatic carbocycles. The van der Waals surface area contributed by atoms with Gasteiger partial charge in [-0.2, -0.15) is 0 Å². The zero-order valence-electron chi connectivity index (χ0n) is 13.2. The van der Waals surface area contributed by atoms with E-state index in [1.807, 2.05) is 20.8 Å². The first-order chi connectivity index (χ1) is 10.3. The molecule has 6 heteroatoms. The summed E-state index contributed by atoms with van der Waals surface area (Å²) in [6.07, 6.45) is 1.05. The monoisotopic (exact) mass is 314 g/mol. The van der Waals surface area contributed by atoms with Crippen molar-refractivity contribution in [1.29, 1.82) is 0 Å². The standard InChI is InChI=1S/C16H24F2N2O2/c1-4-14(12-6-5-11(17)9-13(12)18)20-15(22)19-10-16(2,3)7-8-21/h5-6,9,14,21H,4,7-8,10H2,1-3H3,(H2,19,20,22). The summed E-state index contributed by atoms with van der Waals surface area (Å²) in [7, 11) is 0. The van der Waals surface area contributed by atoms with Crippen LogP contribution in [0.25, 0.3) is 0 Å². The number of benzene rings is 1. The summed E-state index contributed by atoms with van der Waals surface area (Å²) in [6, 6.07) is 2.38. The van der Waals surface area contributed by atoms with Crippen LogP contribution in [0.1, 0.15) is 45.2 Å². The Morgan fingerprint density at radius 2 is 2.05 bits per heavy atom. The molecular weight excluding hydrogens is 290 g/mol. The summed E-state index contributed by atoms with van der Waals surface area (Å²) in [4.78, 5) is 11.9. The SMILES string of the molecule is CCC(NC(=O)NCC(C)(C)CCO)c1ccc(F)cc1F. The fraction of sp³-hybridized carbons (Fsp3) is 0.562. The average molecular weight is 314 g/mol. The van der Waals surface area contributed by atoms with Gasteiger partial charge in [-0.15, -0.1) is 0 Å². The number of amides is 2. The van der Waals surface area contributed by atoms with Crippen LogP contribution in [-0.2, 0) is 0 Å². The van der Waals surface area contributed by atoms with Crippen LogP contribution in [0.3, 0.4) is 0 Å². The molecular formula is C16H24F2N2O2. The summed E-state index contributed by atoms with van der Waals surface area (Å²) in [6.45, 7) is 6.11. The molecule has 4 nitrogen and oxygen atoms in total. The molecule has 124 valence electrons. The molecule has 22 heavy (non-hydrogen) atoms. The first-order valence-corrected chi connectivity index (χ1v) is 7.39. The summed E-state index contributed by atoms with van der Waals surface area (Å²) >= 11 is 0. The average Bonchev–Trinajstić information content (AvgIpc) is 2.43. The van der Waals surface area contributed by atoms with Crippen molar-refractivity contribution in [3.05, 3.63) is 35.4 Å². The Balaban J connectivity index is 2.64. The van der Waals surface area contributed by atoms with Crippen LogP contribution < -0.4 is 10.6 Å². The van der Waals surface area contributed by atoms with E-state index < -0.39 is 23.7 Å². The van der Waals surface area contributed by atoms with E-state index in [0.717, 1.165) is 6.07 Å². The normalized spacial score (nSPS) is 12.8. The highest BCUT2D eigenvalue weighted by Crippen LogP contribution is 2.21. The van der Waals surface area contributed by atoms with Crippen molar-refractivity contribution in [2.75, 3.05) is 13.2 Å². The first kappa shape index (κ1) is 18.4. The second-order valence-corrected chi connectivity index (χ2v) is 6.09. The van der Waals surface area contributed by atoms with Gasteiger partial charge in [-0.05, 0) is 24.3 Å². The van der Waals surface area contributed by atoms with Gasteiger partial charge in [0.15, 0.2) is 0 Å². The minimum atomic E-state index is -0.673. The van der Waals surface area contributed by atoms with E-state index >= 15 is 0 Å². The molecule has 0 fully saturated rings. The van der Waals surface area contributed by atoms with Crippen LogP contribution in [0.15, 0.2) is 18.2 Å². The number of carbonyl (C=O) groups excluding carboxylic acids is 1. The third-order valence-electron chi connectivity index (χ3n) is 3.57. The lowest BCUT2D eigenvalue weighted by Crippen LogP contribution is -2.42. The summed E-state index contributed by atoms with van der Waals surface area (Å²) in [5.41, 5.74) is 0.0308. The lowest BCUT2D eigenvalue weighted by molar-refractivity contribution is 0.200. The van der Waals surface area contributed by atoms with Crippen molar-refractivity contribution in [2.45, 2.75) is 39.7 Å². The van der Waals surface area contributed by atoms with E-state index in [1.54, 1.807) is 0 Å². The molecule has 0 aromatic heterocycles. The van der Waals surface area contributed by atoms with Gasteiger partial charge in [-0.1, -0.05) is 26.8 Å². The Labute approximate surface area is 129 Å². The summed E-state index contributed by atoms with van der Waals surface area (Å²) in [5, 5.41) is 14.3. The molecule has 1 atom stereocenters. The second-order valence-electron chi connectivity index (χ2n) is 6.09. The van der Waals surface area contributed by atoms with E-state index in [-0.39, 0.29) is 17.6 Å². The van der Waals surface area contributed by atoms with Gasteiger partial charge < -0.3 is 15.7 Å². The van der Waals surface area contributed by atoms with Crippen molar-refractivity contribution in [2.24, 2.45) is 5.41 Å². The second kappa shape index (κ2) is 8.08. The minimum absolute atomic E-state index is 0.0503. The summed E-state index contributed by atoms with van der Waals surface area (Å²) < 4.78 is 26.7.